The van der Waals surface area contributed by atoms with Crippen LogP contribution in [0.1, 0.15) is 26.2 Å². The largest absolute Gasteiger partial charge is 0.363 e. The molecule has 0 aliphatic heterocycles. The van der Waals surface area contributed by atoms with Crippen LogP contribution in [0.25, 0.3) is 0 Å². The number of hydrogen-bond acceptors (Lipinski definition) is 1. The van der Waals surface area contributed by atoms with Crippen LogP contribution < -0.4 is 5.32 Å². The zero-order chi connectivity index (χ0) is 6.69. The highest BCUT2D eigenvalue weighted by Crippen LogP contribution is 2.15. The van der Waals surface area contributed by atoms with Gasteiger partial charge in [-0.25, -0.2) is 0 Å². The molecule has 0 saturated carbocycles. The normalized spacial score (nSPS) is 17.2. The van der Waals surface area contributed by atoms with Crippen molar-refractivity contribution in [3.63, 3.8) is 0 Å². The minimum atomic E-state index is 1.04. The molecule has 0 aromatic carbocycles. The number of nitrogens with one attached hydrogen (secondary N) is 1. The lowest BCUT2D eigenvalue weighted by Gasteiger charge is -2.03. The maximum atomic E-state index is 3.77. The molecule has 0 atom stereocenters. The first-order chi connectivity index (χ1) is 4.29. The topological polar surface area (TPSA) is 12.0 Å². The van der Waals surface area contributed by atoms with Crippen LogP contribution in [0.4, 0.5) is 0 Å². The van der Waals surface area contributed by atoms with Crippen LogP contribution >= 0.6 is 0 Å². The van der Waals surface area contributed by atoms with Gasteiger partial charge in [-0.1, -0.05) is 12.7 Å². The maximum absolute atomic E-state index is 3.77. The highest BCUT2D eigenvalue weighted by Gasteiger charge is 2.01. The van der Waals surface area contributed by atoms with E-state index in [0.29, 0.717) is 0 Å². The second kappa shape index (κ2) is 2.72. The predicted octanol–water partition coefficient (Wildman–Crippen LogP) is 2.18. The average molecular weight is 123 g/mol. The first-order valence-electron chi connectivity index (χ1n) is 3.40. The lowest BCUT2D eigenvalue weighted by atomic mass is 10.3. The molecule has 1 heteroatoms. The molecule has 1 aliphatic carbocycles. The molecular formula is C8H13N. The molecule has 0 unspecified atom stereocenters. The third-order valence-electron chi connectivity index (χ3n) is 1.41. The van der Waals surface area contributed by atoms with Crippen molar-refractivity contribution in [1.82, 2.24) is 5.32 Å². The van der Waals surface area contributed by atoms with Crippen molar-refractivity contribution < 1.29 is 0 Å². The molecule has 9 heavy (non-hydrogen) atoms. The molecule has 0 amide bonds. The molecule has 50 valence electrons. The smallest absolute Gasteiger partial charge is 0.0108 e. The molecule has 0 fully saturated rings. The Kier molecular flexibility index (Phi) is 1.93. The summed E-state index contributed by atoms with van der Waals surface area (Å²) in [6, 6.07) is 0. The Hall–Kier alpha value is -0.720. The average Bonchev–Trinajstić information content (AvgIpc) is 2.15. The monoisotopic (exact) mass is 123 g/mol. The Morgan fingerprint density at radius 3 is 3.00 bits per heavy atom. The van der Waals surface area contributed by atoms with Gasteiger partial charge in [-0.2, -0.15) is 0 Å². The van der Waals surface area contributed by atoms with E-state index in [9.17, 15) is 0 Å². The standard InChI is InChI=1S/C8H13N/c1-7(2)9-8-5-3-4-6-8/h5,9H,1,3-4,6H2,2H3. The Morgan fingerprint density at radius 1 is 1.78 bits per heavy atom. The third-order valence-corrected chi connectivity index (χ3v) is 1.41. The molecule has 0 heterocycles. The second-order valence-corrected chi connectivity index (χ2v) is 2.53. The van der Waals surface area contributed by atoms with Gasteiger partial charge in [0.15, 0.2) is 0 Å². The van der Waals surface area contributed by atoms with Crippen LogP contribution in [-0.4, -0.2) is 0 Å². The van der Waals surface area contributed by atoms with Gasteiger partial charge in [0, 0.05) is 11.4 Å². The Labute approximate surface area is 56.5 Å². The first kappa shape index (κ1) is 6.40. The number of rotatable bonds is 2. The van der Waals surface area contributed by atoms with E-state index in [1.165, 1.54) is 25.0 Å². The fourth-order valence-electron chi connectivity index (χ4n) is 1.06. The summed E-state index contributed by atoms with van der Waals surface area (Å²) in [7, 11) is 0. The lowest BCUT2D eigenvalue weighted by Crippen LogP contribution is -2.06. The second-order valence-electron chi connectivity index (χ2n) is 2.53. The van der Waals surface area contributed by atoms with Gasteiger partial charge in [0.05, 0.1) is 0 Å². The van der Waals surface area contributed by atoms with Crippen molar-refractivity contribution in [2.45, 2.75) is 26.2 Å². The van der Waals surface area contributed by atoms with Gasteiger partial charge < -0.3 is 5.32 Å². The van der Waals surface area contributed by atoms with E-state index in [1.807, 2.05) is 6.92 Å². The van der Waals surface area contributed by atoms with Gasteiger partial charge in [0.1, 0.15) is 0 Å². The number of allylic oxidation sites excluding steroid dienone is 3. The fraction of sp³-hybridized carbons (Fsp3) is 0.500. The summed E-state index contributed by atoms with van der Waals surface area (Å²) in [5.41, 5.74) is 2.39. The minimum absolute atomic E-state index is 1.04. The van der Waals surface area contributed by atoms with E-state index in [-0.39, 0.29) is 0 Å². The van der Waals surface area contributed by atoms with Crippen molar-refractivity contribution in [3.8, 4) is 0 Å². The van der Waals surface area contributed by atoms with Crippen molar-refractivity contribution in [3.05, 3.63) is 24.0 Å². The summed E-state index contributed by atoms with van der Waals surface area (Å²) < 4.78 is 0. The van der Waals surface area contributed by atoms with Crippen LogP contribution in [0.3, 0.4) is 0 Å². The molecule has 0 radical (unpaired) electrons. The summed E-state index contributed by atoms with van der Waals surface area (Å²) in [5, 5.41) is 3.21. The SMILES string of the molecule is C=C(C)NC1=CCCC1. The van der Waals surface area contributed by atoms with Crippen LogP contribution in [-0.2, 0) is 0 Å². The van der Waals surface area contributed by atoms with Gasteiger partial charge in [0.25, 0.3) is 0 Å². The van der Waals surface area contributed by atoms with E-state index < -0.39 is 0 Å². The van der Waals surface area contributed by atoms with Gasteiger partial charge in [0.2, 0.25) is 0 Å². The summed E-state index contributed by atoms with van der Waals surface area (Å²) in [6.45, 7) is 5.75. The van der Waals surface area contributed by atoms with Gasteiger partial charge in [-0.15, -0.1) is 0 Å². The van der Waals surface area contributed by atoms with Crippen molar-refractivity contribution in [2.75, 3.05) is 0 Å². The highest BCUT2D eigenvalue weighted by molar-refractivity contribution is 5.10. The summed E-state index contributed by atoms with van der Waals surface area (Å²) in [5.74, 6) is 0. The fourth-order valence-corrected chi connectivity index (χ4v) is 1.06. The van der Waals surface area contributed by atoms with Gasteiger partial charge in [-0.3, -0.25) is 0 Å². The predicted molar refractivity (Wildman–Crippen MR) is 39.9 cm³/mol. The quantitative estimate of drug-likeness (QED) is 0.593. The van der Waals surface area contributed by atoms with E-state index in [1.54, 1.807) is 0 Å². The molecule has 0 bridgehead atoms. The molecule has 0 saturated heterocycles. The highest BCUT2D eigenvalue weighted by atomic mass is 14.9. The first-order valence-corrected chi connectivity index (χ1v) is 3.40. The Morgan fingerprint density at radius 2 is 2.56 bits per heavy atom. The maximum Gasteiger partial charge on any atom is 0.0108 e. The van der Waals surface area contributed by atoms with Crippen molar-refractivity contribution in [1.29, 1.82) is 0 Å². The molecule has 1 N–H and O–H groups in total. The van der Waals surface area contributed by atoms with Crippen LogP contribution in [0.15, 0.2) is 24.0 Å². The summed E-state index contributed by atoms with van der Waals surface area (Å²) in [6.07, 6.45) is 5.98. The van der Waals surface area contributed by atoms with E-state index >= 15 is 0 Å². The van der Waals surface area contributed by atoms with Crippen molar-refractivity contribution >= 4 is 0 Å². The van der Waals surface area contributed by atoms with E-state index in [0.717, 1.165) is 5.70 Å². The summed E-state index contributed by atoms with van der Waals surface area (Å²) >= 11 is 0. The molecular weight excluding hydrogens is 110 g/mol. The van der Waals surface area contributed by atoms with Crippen molar-refractivity contribution in [2.24, 2.45) is 0 Å². The minimum Gasteiger partial charge on any atom is -0.363 e. The molecule has 0 aromatic heterocycles. The molecule has 0 aromatic rings. The Bertz CT molecular complexity index is 145. The van der Waals surface area contributed by atoms with E-state index in [4.69, 9.17) is 0 Å². The van der Waals surface area contributed by atoms with Crippen LogP contribution in [0.5, 0.6) is 0 Å². The van der Waals surface area contributed by atoms with Gasteiger partial charge in [-0.05, 0) is 26.2 Å². The zero-order valence-electron chi connectivity index (χ0n) is 5.91. The molecule has 0 spiro atoms. The van der Waals surface area contributed by atoms with Gasteiger partial charge >= 0.3 is 0 Å². The Balaban J connectivity index is 2.35. The van der Waals surface area contributed by atoms with E-state index in [2.05, 4.69) is 18.0 Å². The molecule has 1 rings (SSSR count). The lowest BCUT2D eigenvalue weighted by molar-refractivity contribution is 0.845. The zero-order valence-corrected chi connectivity index (χ0v) is 5.91. The third kappa shape index (κ3) is 1.92. The number of hydrogen-bond donors (Lipinski definition) is 1. The molecule has 1 aliphatic rings. The summed E-state index contributed by atoms with van der Waals surface area (Å²) in [4.78, 5) is 0. The molecule has 1 nitrogen and oxygen atoms in total. The van der Waals surface area contributed by atoms with Crippen LogP contribution in [0.2, 0.25) is 0 Å². The van der Waals surface area contributed by atoms with Crippen LogP contribution in [0, 0.1) is 0 Å².